The van der Waals surface area contributed by atoms with Crippen molar-refractivity contribution in [2.24, 2.45) is 0 Å². The fourth-order valence-electron chi connectivity index (χ4n) is 3.06. The van der Waals surface area contributed by atoms with E-state index in [9.17, 15) is 0 Å². The van der Waals surface area contributed by atoms with Gasteiger partial charge in [0.05, 0.1) is 0 Å². The summed E-state index contributed by atoms with van der Waals surface area (Å²) in [4.78, 5) is 2.48. The largest absolute Gasteiger partial charge is 0.310 e. The van der Waals surface area contributed by atoms with Crippen molar-refractivity contribution in [2.45, 2.75) is 52.6 Å². The number of fused-ring (bicyclic) bond motifs is 1. The van der Waals surface area contributed by atoms with Gasteiger partial charge in [-0.3, -0.25) is 4.90 Å². The number of nitrogens with one attached hydrogen (secondary N) is 1. The predicted molar refractivity (Wildman–Crippen MR) is 82.4 cm³/mol. The lowest BCUT2D eigenvalue weighted by Crippen LogP contribution is -2.30. The Labute approximate surface area is 118 Å². The Hall–Kier alpha value is -0.860. The van der Waals surface area contributed by atoms with Gasteiger partial charge in [0, 0.05) is 12.6 Å². The molecule has 1 aromatic carbocycles. The van der Waals surface area contributed by atoms with Gasteiger partial charge >= 0.3 is 0 Å². The van der Waals surface area contributed by atoms with Crippen molar-refractivity contribution in [2.75, 3.05) is 19.6 Å². The molecule has 0 saturated carbocycles. The van der Waals surface area contributed by atoms with E-state index in [0.29, 0.717) is 6.04 Å². The maximum Gasteiger partial charge on any atom is 0.0323 e. The zero-order valence-corrected chi connectivity index (χ0v) is 12.7. The number of rotatable bonds is 6. The van der Waals surface area contributed by atoms with Gasteiger partial charge < -0.3 is 5.32 Å². The topological polar surface area (TPSA) is 15.3 Å². The number of benzene rings is 1. The molecule has 106 valence electrons. The highest BCUT2D eigenvalue weighted by molar-refractivity contribution is 5.36. The minimum Gasteiger partial charge on any atom is -0.310 e. The summed E-state index contributed by atoms with van der Waals surface area (Å²) in [5.41, 5.74) is 4.58. The number of hydrogen-bond donors (Lipinski definition) is 1. The van der Waals surface area contributed by atoms with Crippen molar-refractivity contribution < 1.29 is 0 Å². The maximum absolute atomic E-state index is 3.65. The smallest absolute Gasteiger partial charge is 0.0323 e. The minimum atomic E-state index is 0.580. The SMILES string of the molecule is CCCC1NCCc2cc(CN(CC)CC)ccc21. The highest BCUT2D eigenvalue weighted by atomic mass is 15.1. The van der Waals surface area contributed by atoms with Crippen molar-refractivity contribution in [3.05, 3.63) is 34.9 Å². The molecule has 1 unspecified atom stereocenters. The Morgan fingerprint density at radius 1 is 1.21 bits per heavy atom. The second-order valence-electron chi connectivity index (χ2n) is 5.54. The number of nitrogens with zero attached hydrogens (tertiary/aromatic N) is 1. The molecule has 2 nitrogen and oxygen atoms in total. The van der Waals surface area contributed by atoms with E-state index in [2.05, 4.69) is 49.2 Å². The molecule has 19 heavy (non-hydrogen) atoms. The third kappa shape index (κ3) is 3.58. The fraction of sp³-hybridized carbons (Fsp3) is 0.647. The van der Waals surface area contributed by atoms with Crippen LogP contribution in [0.5, 0.6) is 0 Å². The van der Waals surface area contributed by atoms with Crippen LogP contribution in [-0.2, 0) is 13.0 Å². The molecule has 1 heterocycles. The van der Waals surface area contributed by atoms with E-state index in [1.165, 1.54) is 30.4 Å². The van der Waals surface area contributed by atoms with E-state index in [4.69, 9.17) is 0 Å². The molecule has 1 aliphatic heterocycles. The van der Waals surface area contributed by atoms with Crippen LogP contribution >= 0.6 is 0 Å². The van der Waals surface area contributed by atoms with Crippen LogP contribution in [0.15, 0.2) is 18.2 Å². The van der Waals surface area contributed by atoms with Crippen molar-refractivity contribution >= 4 is 0 Å². The molecule has 0 amide bonds. The summed E-state index contributed by atoms with van der Waals surface area (Å²) in [6, 6.07) is 7.71. The second kappa shape index (κ2) is 7.06. The van der Waals surface area contributed by atoms with Crippen LogP contribution in [0.1, 0.15) is 56.3 Å². The fourth-order valence-corrected chi connectivity index (χ4v) is 3.06. The quantitative estimate of drug-likeness (QED) is 0.842. The molecule has 0 spiro atoms. The van der Waals surface area contributed by atoms with Crippen LogP contribution in [0, 0.1) is 0 Å². The van der Waals surface area contributed by atoms with Gasteiger partial charge in [-0.1, -0.05) is 45.4 Å². The van der Waals surface area contributed by atoms with Crippen LogP contribution in [0.3, 0.4) is 0 Å². The van der Waals surface area contributed by atoms with Gasteiger partial charge in [-0.15, -0.1) is 0 Å². The van der Waals surface area contributed by atoms with E-state index >= 15 is 0 Å². The van der Waals surface area contributed by atoms with E-state index < -0.39 is 0 Å². The average molecular weight is 260 g/mol. The minimum absolute atomic E-state index is 0.580. The molecule has 0 aliphatic carbocycles. The summed E-state index contributed by atoms with van der Waals surface area (Å²) in [7, 11) is 0. The Morgan fingerprint density at radius 3 is 2.68 bits per heavy atom. The second-order valence-corrected chi connectivity index (χ2v) is 5.54. The summed E-state index contributed by atoms with van der Waals surface area (Å²) in [5, 5.41) is 3.65. The van der Waals surface area contributed by atoms with Crippen molar-refractivity contribution in [3.8, 4) is 0 Å². The average Bonchev–Trinajstić information content (AvgIpc) is 2.45. The lowest BCUT2D eigenvalue weighted by Gasteiger charge is -2.28. The van der Waals surface area contributed by atoms with Gasteiger partial charge in [-0.05, 0) is 49.2 Å². The molecular weight excluding hydrogens is 232 g/mol. The summed E-state index contributed by atoms with van der Waals surface area (Å²) < 4.78 is 0. The Bertz CT molecular complexity index is 396. The Morgan fingerprint density at radius 2 is 2.00 bits per heavy atom. The standard InChI is InChI=1S/C17H28N2/c1-4-7-17-16-9-8-14(13-19(5-2)6-3)12-15(16)10-11-18-17/h8-9,12,17-18H,4-7,10-11,13H2,1-3H3. The van der Waals surface area contributed by atoms with Crippen molar-refractivity contribution in [1.82, 2.24) is 10.2 Å². The predicted octanol–water partition coefficient (Wildman–Crippen LogP) is 3.52. The highest BCUT2D eigenvalue weighted by Crippen LogP contribution is 2.27. The molecule has 0 bridgehead atoms. The van der Waals surface area contributed by atoms with Gasteiger partial charge in [-0.25, -0.2) is 0 Å². The van der Waals surface area contributed by atoms with Gasteiger partial charge in [0.1, 0.15) is 0 Å². The van der Waals surface area contributed by atoms with E-state index in [-0.39, 0.29) is 0 Å². The molecule has 2 rings (SSSR count). The maximum atomic E-state index is 3.65. The first-order valence-electron chi connectivity index (χ1n) is 7.85. The third-order valence-corrected chi connectivity index (χ3v) is 4.25. The Balaban J connectivity index is 2.14. The first-order chi connectivity index (χ1) is 9.28. The summed E-state index contributed by atoms with van der Waals surface area (Å²) in [6.07, 6.45) is 3.68. The molecule has 1 atom stereocenters. The normalized spacial score (nSPS) is 18.6. The summed E-state index contributed by atoms with van der Waals surface area (Å²) in [5.74, 6) is 0. The zero-order chi connectivity index (χ0) is 13.7. The summed E-state index contributed by atoms with van der Waals surface area (Å²) in [6.45, 7) is 11.2. The van der Waals surface area contributed by atoms with Crippen LogP contribution in [0.4, 0.5) is 0 Å². The monoisotopic (exact) mass is 260 g/mol. The third-order valence-electron chi connectivity index (χ3n) is 4.25. The van der Waals surface area contributed by atoms with Gasteiger partial charge in [0.15, 0.2) is 0 Å². The lowest BCUT2D eigenvalue weighted by molar-refractivity contribution is 0.295. The Kier molecular flexibility index (Phi) is 5.41. The molecule has 1 N–H and O–H groups in total. The first-order valence-corrected chi connectivity index (χ1v) is 7.85. The zero-order valence-electron chi connectivity index (χ0n) is 12.7. The van der Waals surface area contributed by atoms with Gasteiger partial charge in [0.2, 0.25) is 0 Å². The number of hydrogen-bond acceptors (Lipinski definition) is 2. The van der Waals surface area contributed by atoms with E-state index in [0.717, 1.165) is 26.2 Å². The first kappa shape index (κ1) is 14.5. The van der Waals surface area contributed by atoms with Crippen molar-refractivity contribution in [3.63, 3.8) is 0 Å². The van der Waals surface area contributed by atoms with E-state index in [1.54, 1.807) is 5.56 Å². The molecule has 0 saturated heterocycles. The molecule has 0 aromatic heterocycles. The molecular formula is C17H28N2. The molecule has 0 radical (unpaired) electrons. The van der Waals surface area contributed by atoms with Crippen molar-refractivity contribution in [1.29, 1.82) is 0 Å². The molecule has 1 aliphatic rings. The van der Waals surface area contributed by atoms with Gasteiger partial charge in [-0.2, -0.15) is 0 Å². The molecule has 1 aromatic rings. The van der Waals surface area contributed by atoms with Crippen LogP contribution < -0.4 is 5.32 Å². The van der Waals surface area contributed by atoms with Gasteiger partial charge in [0.25, 0.3) is 0 Å². The highest BCUT2D eigenvalue weighted by Gasteiger charge is 2.19. The van der Waals surface area contributed by atoms with Crippen LogP contribution in [0.2, 0.25) is 0 Å². The van der Waals surface area contributed by atoms with Crippen LogP contribution in [-0.4, -0.2) is 24.5 Å². The van der Waals surface area contributed by atoms with Crippen LogP contribution in [0.25, 0.3) is 0 Å². The van der Waals surface area contributed by atoms with E-state index in [1.807, 2.05) is 0 Å². The lowest BCUT2D eigenvalue weighted by atomic mass is 9.90. The molecule has 0 fully saturated rings. The molecule has 2 heteroatoms. The summed E-state index contributed by atoms with van der Waals surface area (Å²) >= 11 is 0.